The zero-order valence-corrected chi connectivity index (χ0v) is 11.2. The zero-order valence-electron chi connectivity index (χ0n) is 10.4. The summed E-state index contributed by atoms with van der Waals surface area (Å²) < 4.78 is 5.76. The number of thiocarbonyl (C=S) groups is 1. The molecule has 98 valence electrons. The number of hydrogen-bond donors (Lipinski definition) is 2. The quantitative estimate of drug-likeness (QED) is 0.609. The molecule has 0 bridgehead atoms. The van der Waals surface area contributed by atoms with Gasteiger partial charge < -0.3 is 15.8 Å². The van der Waals surface area contributed by atoms with Gasteiger partial charge in [-0.2, -0.15) is 0 Å². The molecule has 1 heterocycles. The monoisotopic (exact) mass is 265 g/mol. The molecule has 0 spiro atoms. The smallest absolute Gasteiger partial charge is 0.126 e. The molecule has 0 atom stereocenters. The van der Waals surface area contributed by atoms with Crippen molar-refractivity contribution in [2.75, 3.05) is 18.5 Å². The van der Waals surface area contributed by atoms with Crippen LogP contribution in [0.2, 0.25) is 0 Å². The standard InChI is InChI=1S/C13H19N3OS/c14-13(18)11-6-3-7-12(16-11)15-8-9-17-10-4-1-2-5-10/h3,6-7,10H,1-2,4-5,8-9H2,(H2,14,18)(H,15,16). The third-order valence-electron chi connectivity index (χ3n) is 3.07. The van der Waals surface area contributed by atoms with Crippen molar-refractivity contribution in [3.63, 3.8) is 0 Å². The Labute approximate surface area is 113 Å². The molecule has 0 unspecified atom stereocenters. The summed E-state index contributed by atoms with van der Waals surface area (Å²) in [5.74, 6) is 0.787. The number of hydrogen-bond acceptors (Lipinski definition) is 4. The maximum absolute atomic E-state index is 5.76. The molecule has 1 aliphatic carbocycles. The van der Waals surface area contributed by atoms with Crippen LogP contribution in [0, 0.1) is 0 Å². The van der Waals surface area contributed by atoms with E-state index in [-0.39, 0.29) is 0 Å². The highest BCUT2D eigenvalue weighted by Gasteiger charge is 2.14. The van der Waals surface area contributed by atoms with Crippen LogP contribution < -0.4 is 11.1 Å². The maximum Gasteiger partial charge on any atom is 0.126 e. The Morgan fingerprint density at radius 3 is 2.94 bits per heavy atom. The highest BCUT2D eigenvalue weighted by Crippen LogP contribution is 2.20. The van der Waals surface area contributed by atoms with Crippen molar-refractivity contribution in [3.05, 3.63) is 23.9 Å². The summed E-state index contributed by atoms with van der Waals surface area (Å²) >= 11 is 4.89. The maximum atomic E-state index is 5.76. The molecule has 0 aliphatic heterocycles. The van der Waals surface area contributed by atoms with E-state index in [4.69, 9.17) is 22.7 Å². The van der Waals surface area contributed by atoms with E-state index in [9.17, 15) is 0 Å². The lowest BCUT2D eigenvalue weighted by atomic mass is 10.3. The molecule has 0 amide bonds. The van der Waals surface area contributed by atoms with Crippen LogP contribution in [0.5, 0.6) is 0 Å². The summed E-state index contributed by atoms with van der Waals surface area (Å²) in [5, 5.41) is 3.21. The van der Waals surface area contributed by atoms with E-state index in [2.05, 4.69) is 10.3 Å². The Balaban J connectivity index is 1.72. The lowest BCUT2D eigenvalue weighted by molar-refractivity contribution is 0.0658. The van der Waals surface area contributed by atoms with E-state index in [0.29, 0.717) is 23.4 Å². The van der Waals surface area contributed by atoms with Gasteiger partial charge in [0.2, 0.25) is 0 Å². The molecule has 5 heteroatoms. The first-order valence-electron chi connectivity index (χ1n) is 6.38. The SMILES string of the molecule is NC(=S)c1cccc(NCCOC2CCCC2)n1. The summed E-state index contributed by atoms with van der Waals surface area (Å²) in [5.41, 5.74) is 6.18. The number of anilines is 1. The van der Waals surface area contributed by atoms with Crippen LogP contribution in [0.15, 0.2) is 18.2 Å². The molecule has 1 aromatic heterocycles. The van der Waals surface area contributed by atoms with Gasteiger partial charge in [-0.1, -0.05) is 31.1 Å². The molecule has 0 aromatic carbocycles. The number of pyridine rings is 1. The summed E-state index contributed by atoms with van der Waals surface area (Å²) in [7, 11) is 0. The van der Waals surface area contributed by atoms with Gasteiger partial charge in [-0.05, 0) is 25.0 Å². The van der Waals surface area contributed by atoms with Crippen LogP contribution in [0.1, 0.15) is 31.4 Å². The van der Waals surface area contributed by atoms with E-state index >= 15 is 0 Å². The minimum Gasteiger partial charge on any atom is -0.388 e. The lowest BCUT2D eigenvalue weighted by Gasteiger charge is -2.12. The first-order valence-corrected chi connectivity index (χ1v) is 6.79. The Morgan fingerprint density at radius 1 is 1.44 bits per heavy atom. The first-order chi connectivity index (χ1) is 8.75. The molecule has 0 radical (unpaired) electrons. The van der Waals surface area contributed by atoms with E-state index in [1.165, 1.54) is 25.7 Å². The molecule has 1 fully saturated rings. The lowest BCUT2D eigenvalue weighted by Crippen LogP contribution is -2.17. The number of ether oxygens (including phenoxy) is 1. The molecule has 1 aliphatic rings. The summed E-state index contributed by atoms with van der Waals surface area (Å²) in [6, 6.07) is 5.60. The van der Waals surface area contributed by atoms with Crippen molar-refractivity contribution in [2.45, 2.75) is 31.8 Å². The van der Waals surface area contributed by atoms with Gasteiger partial charge in [0.1, 0.15) is 10.8 Å². The molecule has 18 heavy (non-hydrogen) atoms. The Kier molecular flexibility index (Phi) is 4.90. The second kappa shape index (κ2) is 6.66. The fourth-order valence-corrected chi connectivity index (χ4v) is 2.24. The van der Waals surface area contributed by atoms with Gasteiger partial charge in [0.15, 0.2) is 0 Å². The highest BCUT2D eigenvalue weighted by atomic mass is 32.1. The summed E-state index contributed by atoms with van der Waals surface area (Å²) in [4.78, 5) is 4.63. The van der Waals surface area contributed by atoms with Crippen molar-refractivity contribution >= 4 is 23.0 Å². The number of nitrogens with zero attached hydrogens (tertiary/aromatic N) is 1. The van der Waals surface area contributed by atoms with E-state index in [0.717, 1.165) is 12.4 Å². The topological polar surface area (TPSA) is 60.2 Å². The number of nitrogens with one attached hydrogen (secondary N) is 1. The highest BCUT2D eigenvalue weighted by molar-refractivity contribution is 7.80. The van der Waals surface area contributed by atoms with Crippen molar-refractivity contribution in [1.82, 2.24) is 4.98 Å². The number of nitrogens with two attached hydrogens (primary N) is 1. The molecule has 1 saturated carbocycles. The van der Waals surface area contributed by atoms with Crippen molar-refractivity contribution in [1.29, 1.82) is 0 Å². The summed E-state index contributed by atoms with van der Waals surface area (Å²) in [6.45, 7) is 1.47. The molecule has 0 saturated heterocycles. The molecule has 2 rings (SSSR count). The second-order valence-corrected chi connectivity index (χ2v) is 4.92. The van der Waals surface area contributed by atoms with Crippen LogP contribution in [-0.2, 0) is 4.74 Å². The minimum atomic E-state index is 0.320. The van der Waals surface area contributed by atoms with Crippen LogP contribution in [0.3, 0.4) is 0 Å². The largest absolute Gasteiger partial charge is 0.388 e. The minimum absolute atomic E-state index is 0.320. The average Bonchev–Trinajstić information content (AvgIpc) is 2.88. The fraction of sp³-hybridized carbons (Fsp3) is 0.538. The number of rotatable bonds is 6. The van der Waals surface area contributed by atoms with Gasteiger partial charge >= 0.3 is 0 Å². The Morgan fingerprint density at radius 2 is 2.22 bits per heavy atom. The van der Waals surface area contributed by atoms with E-state index in [1.807, 2.05) is 18.2 Å². The third-order valence-corrected chi connectivity index (χ3v) is 3.27. The fourth-order valence-electron chi connectivity index (χ4n) is 2.13. The average molecular weight is 265 g/mol. The Hall–Kier alpha value is -1.20. The van der Waals surface area contributed by atoms with Crippen molar-refractivity contribution < 1.29 is 4.74 Å². The first kappa shape index (κ1) is 13.2. The van der Waals surface area contributed by atoms with Crippen molar-refractivity contribution in [2.24, 2.45) is 5.73 Å². The van der Waals surface area contributed by atoms with E-state index < -0.39 is 0 Å². The van der Waals surface area contributed by atoms with Gasteiger partial charge in [-0.3, -0.25) is 0 Å². The molecule has 3 N–H and O–H groups in total. The molecular weight excluding hydrogens is 246 g/mol. The van der Waals surface area contributed by atoms with Gasteiger partial charge in [0.25, 0.3) is 0 Å². The molecular formula is C13H19N3OS. The normalized spacial score (nSPS) is 15.8. The van der Waals surface area contributed by atoms with Crippen LogP contribution in [0.4, 0.5) is 5.82 Å². The second-order valence-electron chi connectivity index (χ2n) is 4.48. The van der Waals surface area contributed by atoms with E-state index in [1.54, 1.807) is 0 Å². The molecule has 4 nitrogen and oxygen atoms in total. The molecule has 1 aromatic rings. The van der Waals surface area contributed by atoms with Gasteiger partial charge in [-0.25, -0.2) is 4.98 Å². The van der Waals surface area contributed by atoms with Crippen LogP contribution >= 0.6 is 12.2 Å². The Bertz CT molecular complexity index is 405. The predicted octanol–water partition coefficient (Wildman–Crippen LogP) is 2.09. The van der Waals surface area contributed by atoms with Crippen molar-refractivity contribution in [3.8, 4) is 0 Å². The van der Waals surface area contributed by atoms with Gasteiger partial charge in [0, 0.05) is 6.54 Å². The van der Waals surface area contributed by atoms with Crippen LogP contribution in [0.25, 0.3) is 0 Å². The van der Waals surface area contributed by atoms with Gasteiger partial charge in [-0.15, -0.1) is 0 Å². The summed E-state index contributed by atoms with van der Waals surface area (Å²) in [6.07, 6.45) is 5.47. The zero-order chi connectivity index (χ0) is 12.8. The predicted molar refractivity (Wildman–Crippen MR) is 76.8 cm³/mol. The number of aromatic nitrogens is 1. The third kappa shape index (κ3) is 3.92. The van der Waals surface area contributed by atoms with Gasteiger partial charge in [0.05, 0.1) is 18.4 Å². The van der Waals surface area contributed by atoms with Crippen LogP contribution in [-0.4, -0.2) is 29.2 Å².